The number of hydrogen-bond acceptors (Lipinski definition) is 3. The summed E-state index contributed by atoms with van der Waals surface area (Å²) < 4.78 is 0. The molecule has 104 valence electrons. The van der Waals surface area contributed by atoms with Crippen LogP contribution in [0.3, 0.4) is 0 Å². The summed E-state index contributed by atoms with van der Waals surface area (Å²) in [5.41, 5.74) is 6.68. The lowest BCUT2D eigenvalue weighted by atomic mass is 10.1. The fourth-order valence-electron chi connectivity index (χ4n) is 1.82. The number of amides is 1. The zero-order valence-electron chi connectivity index (χ0n) is 11.2. The maximum atomic E-state index is 12.3. The fraction of sp³-hybridized carbons (Fsp3) is 0.429. The van der Waals surface area contributed by atoms with Crippen molar-refractivity contribution in [2.45, 2.75) is 32.4 Å². The van der Waals surface area contributed by atoms with E-state index < -0.39 is 12.0 Å². The van der Waals surface area contributed by atoms with Crippen LogP contribution in [-0.2, 0) is 9.59 Å². The molecule has 0 saturated carbocycles. The average molecular weight is 264 g/mol. The third-order valence-electron chi connectivity index (χ3n) is 2.90. The molecule has 3 N–H and O–H groups in total. The highest BCUT2D eigenvalue weighted by atomic mass is 16.4. The normalized spacial score (nSPS) is 12.2. The van der Waals surface area contributed by atoms with Gasteiger partial charge in [0.25, 0.3) is 0 Å². The van der Waals surface area contributed by atoms with Gasteiger partial charge in [-0.15, -0.1) is 0 Å². The zero-order valence-corrected chi connectivity index (χ0v) is 11.2. The SMILES string of the molecule is CC(C)N(CCC(=O)O)C(=O)C(N)c1ccccc1. The van der Waals surface area contributed by atoms with Crippen LogP contribution in [0.1, 0.15) is 31.9 Å². The molecule has 1 unspecified atom stereocenters. The summed E-state index contributed by atoms with van der Waals surface area (Å²) in [6.07, 6.45) is -0.0779. The minimum Gasteiger partial charge on any atom is -0.481 e. The number of aliphatic carboxylic acids is 1. The van der Waals surface area contributed by atoms with E-state index in [1.54, 1.807) is 12.1 Å². The first-order valence-electron chi connectivity index (χ1n) is 6.26. The van der Waals surface area contributed by atoms with Crippen molar-refractivity contribution in [3.8, 4) is 0 Å². The Hall–Kier alpha value is -1.88. The summed E-state index contributed by atoms with van der Waals surface area (Å²) in [6.45, 7) is 3.86. The van der Waals surface area contributed by atoms with Gasteiger partial charge in [0, 0.05) is 12.6 Å². The molecule has 1 aromatic rings. The minimum absolute atomic E-state index is 0.0779. The molecule has 0 aliphatic rings. The van der Waals surface area contributed by atoms with Crippen LogP contribution in [0.15, 0.2) is 30.3 Å². The Morgan fingerprint density at radius 2 is 1.84 bits per heavy atom. The minimum atomic E-state index is -0.924. The zero-order chi connectivity index (χ0) is 14.4. The van der Waals surface area contributed by atoms with Crippen molar-refractivity contribution in [3.05, 3.63) is 35.9 Å². The van der Waals surface area contributed by atoms with E-state index >= 15 is 0 Å². The predicted octanol–water partition coefficient (Wildman–Crippen LogP) is 1.40. The molecule has 5 nitrogen and oxygen atoms in total. The Kier molecular flexibility index (Phi) is 5.51. The number of nitrogens with zero attached hydrogens (tertiary/aromatic N) is 1. The van der Waals surface area contributed by atoms with Crippen molar-refractivity contribution in [1.82, 2.24) is 4.90 Å². The van der Waals surface area contributed by atoms with Gasteiger partial charge in [-0.2, -0.15) is 0 Å². The van der Waals surface area contributed by atoms with Gasteiger partial charge < -0.3 is 15.7 Å². The number of carboxylic acid groups (broad SMARTS) is 1. The van der Waals surface area contributed by atoms with Gasteiger partial charge in [0.1, 0.15) is 6.04 Å². The van der Waals surface area contributed by atoms with Crippen molar-refractivity contribution < 1.29 is 14.7 Å². The highest BCUT2D eigenvalue weighted by Gasteiger charge is 2.24. The third kappa shape index (κ3) is 4.37. The van der Waals surface area contributed by atoms with Crippen LogP contribution >= 0.6 is 0 Å². The van der Waals surface area contributed by atoms with Gasteiger partial charge in [0.2, 0.25) is 5.91 Å². The molecule has 0 saturated heterocycles. The quantitative estimate of drug-likeness (QED) is 0.813. The molecule has 0 heterocycles. The van der Waals surface area contributed by atoms with Gasteiger partial charge in [-0.3, -0.25) is 9.59 Å². The van der Waals surface area contributed by atoms with Gasteiger partial charge in [0.15, 0.2) is 0 Å². The highest BCUT2D eigenvalue weighted by molar-refractivity contribution is 5.83. The van der Waals surface area contributed by atoms with E-state index in [0.29, 0.717) is 0 Å². The highest BCUT2D eigenvalue weighted by Crippen LogP contribution is 2.15. The Labute approximate surface area is 113 Å². The molecule has 1 atom stereocenters. The van der Waals surface area contributed by atoms with Crippen molar-refractivity contribution in [2.75, 3.05) is 6.54 Å². The molecule has 1 amide bonds. The van der Waals surface area contributed by atoms with Crippen LogP contribution in [0, 0.1) is 0 Å². The van der Waals surface area contributed by atoms with E-state index in [-0.39, 0.29) is 24.9 Å². The number of benzene rings is 1. The summed E-state index contributed by atoms with van der Waals surface area (Å²) in [6, 6.07) is 8.24. The van der Waals surface area contributed by atoms with E-state index in [9.17, 15) is 9.59 Å². The molecule has 0 fully saturated rings. The first-order chi connectivity index (χ1) is 8.93. The molecule has 0 aliphatic heterocycles. The number of rotatable bonds is 6. The maximum absolute atomic E-state index is 12.3. The monoisotopic (exact) mass is 264 g/mol. The molecule has 5 heteroatoms. The molecule has 0 radical (unpaired) electrons. The first-order valence-corrected chi connectivity index (χ1v) is 6.26. The lowest BCUT2D eigenvalue weighted by Gasteiger charge is -2.29. The summed E-state index contributed by atoms with van der Waals surface area (Å²) >= 11 is 0. The smallest absolute Gasteiger partial charge is 0.305 e. The molecule has 1 rings (SSSR count). The molecule has 0 bridgehead atoms. The van der Waals surface area contributed by atoms with Gasteiger partial charge in [0.05, 0.1) is 6.42 Å². The topological polar surface area (TPSA) is 83.6 Å². The van der Waals surface area contributed by atoms with Gasteiger partial charge in [-0.05, 0) is 19.4 Å². The second kappa shape index (κ2) is 6.89. The van der Waals surface area contributed by atoms with Crippen molar-refractivity contribution in [1.29, 1.82) is 0 Å². The standard InChI is InChI=1S/C14H20N2O3/c1-10(2)16(9-8-12(17)18)14(19)13(15)11-6-4-3-5-7-11/h3-7,10,13H,8-9,15H2,1-2H3,(H,17,18). The van der Waals surface area contributed by atoms with E-state index in [1.807, 2.05) is 32.0 Å². The van der Waals surface area contributed by atoms with Crippen LogP contribution in [0.25, 0.3) is 0 Å². The second-order valence-corrected chi connectivity index (χ2v) is 4.66. The summed E-state index contributed by atoms with van der Waals surface area (Å²) in [7, 11) is 0. The number of carboxylic acids is 1. The van der Waals surface area contributed by atoms with E-state index in [1.165, 1.54) is 4.90 Å². The van der Waals surface area contributed by atoms with Crippen LogP contribution in [0.2, 0.25) is 0 Å². The predicted molar refractivity (Wildman–Crippen MR) is 72.5 cm³/mol. The summed E-state index contributed by atoms with van der Waals surface area (Å²) in [5, 5.41) is 8.71. The molecular formula is C14H20N2O3. The number of hydrogen-bond donors (Lipinski definition) is 2. The molecule has 19 heavy (non-hydrogen) atoms. The largest absolute Gasteiger partial charge is 0.481 e. The van der Waals surface area contributed by atoms with Gasteiger partial charge in [-0.25, -0.2) is 0 Å². The van der Waals surface area contributed by atoms with Gasteiger partial charge >= 0.3 is 5.97 Å². The molecule has 0 spiro atoms. The Balaban J connectivity index is 2.79. The number of nitrogens with two attached hydrogens (primary N) is 1. The second-order valence-electron chi connectivity index (χ2n) is 4.66. The van der Waals surface area contributed by atoms with Crippen molar-refractivity contribution in [3.63, 3.8) is 0 Å². The molecule has 0 aromatic heterocycles. The Morgan fingerprint density at radius 1 is 1.26 bits per heavy atom. The van der Waals surface area contributed by atoms with Crippen LogP contribution < -0.4 is 5.73 Å². The summed E-state index contributed by atoms with van der Waals surface area (Å²) in [5.74, 6) is -1.17. The number of carbonyl (C=O) groups is 2. The summed E-state index contributed by atoms with van der Waals surface area (Å²) in [4.78, 5) is 24.4. The first kappa shape index (κ1) is 15.2. The van der Waals surface area contributed by atoms with E-state index in [0.717, 1.165) is 5.56 Å². The van der Waals surface area contributed by atoms with Crippen molar-refractivity contribution in [2.24, 2.45) is 5.73 Å². The average Bonchev–Trinajstić information content (AvgIpc) is 2.38. The van der Waals surface area contributed by atoms with E-state index in [2.05, 4.69) is 0 Å². The van der Waals surface area contributed by atoms with Crippen LogP contribution in [-0.4, -0.2) is 34.5 Å². The molecule has 0 aliphatic carbocycles. The van der Waals surface area contributed by atoms with Crippen molar-refractivity contribution >= 4 is 11.9 Å². The third-order valence-corrected chi connectivity index (χ3v) is 2.90. The fourth-order valence-corrected chi connectivity index (χ4v) is 1.82. The Bertz CT molecular complexity index is 432. The van der Waals surface area contributed by atoms with E-state index in [4.69, 9.17) is 10.8 Å². The number of carbonyl (C=O) groups excluding carboxylic acids is 1. The van der Waals surface area contributed by atoms with Crippen LogP contribution in [0.5, 0.6) is 0 Å². The maximum Gasteiger partial charge on any atom is 0.305 e. The Morgan fingerprint density at radius 3 is 2.32 bits per heavy atom. The van der Waals surface area contributed by atoms with Gasteiger partial charge in [-0.1, -0.05) is 30.3 Å². The lowest BCUT2D eigenvalue weighted by molar-refractivity contribution is -0.139. The molecule has 1 aromatic carbocycles. The van der Waals surface area contributed by atoms with Crippen LogP contribution in [0.4, 0.5) is 0 Å². The molecular weight excluding hydrogens is 244 g/mol. The lowest BCUT2D eigenvalue weighted by Crippen LogP contribution is -2.43.